The summed E-state index contributed by atoms with van der Waals surface area (Å²) >= 11 is 0. The Bertz CT molecular complexity index is 945. The van der Waals surface area contributed by atoms with E-state index in [0.29, 0.717) is 22.9 Å². The summed E-state index contributed by atoms with van der Waals surface area (Å²) in [7, 11) is 0. The van der Waals surface area contributed by atoms with Gasteiger partial charge in [0.25, 0.3) is 5.91 Å². The van der Waals surface area contributed by atoms with Gasteiger partial charge in [0.2, 0.25) is 0 Å². The average Bonchev–Trinajstić information content (AvgIpc) is 2.96. The second-order valence-electron chi connectivity index (χ2n) is 6.25. The van der Waals surface area contributed by atoms with Crippen molar-refractivity contribution in [3.8, 4) is 0 Å². The van der Waals surface area contributed by atoms with Gasteiger partial charge in [0, 0.05) is 18.1 Å². The SMILES string of the molecule is Cc1nn2cccnc2c1C(=O)OCC(=O)Nc1ccc(C(C)C)cc1. The summed E-state index contributed by atoms with van der Waals surface area (Å²) in [6, 6.07) is 9.29. The van der Waals surface area contributed by atoms with Crippen LogP contribution in [0.15, 0.2) is 42.7 Å². The number of nitrogens with one attached hydrogen (secondary N) is 1. The maximum atomic E-state index is 12.3. The number of aryl methyl sites for hydroxylation is 1. The van der Waals surface area contributed by atoms with E-state index in [0.717, 1.165) is 0 Å². The molecule has 2 heterocycles. The van der Waals surface area contributed by atoms with Gasteiger partial charge in [-0.1, -0.05) is 26.0 Å². The van der Waals surface area contributed by atoms with Gasteiger partial charge in [-0.2, -0.15) is 5.10 Å². The summed E-state index contributed by atoms with van der Waals surface area (Å²) in [6.45, 7) is 5.52. The fourth-order valence-corrected chi connectivity index (χ4v) is 2.59. The Morgan fingerprint density at radius 2 is 1.96 bits per heavy atom. The van der Waals surface area contributed by atoms with E-state index in [2.05, 4.69) is 29.2 Å². The molecule has 0 unspecified atom stereocenters. The molecular weight excluding hydrogens is 332 g/mol. The number of benzene rings is 1. The lowest BCUT2D eigenvalue weighted by Crippen LogP contribution is -2.21. The third kappa shape index (κ3) is 3.72. The van der Waals surface area contributed by atoms with E-state index >= 15 is 0 Å². The fourth-order valence-electron chi connectivity index (χ4n) is 2.59. The number of carbonyl (C=O) groups is 2. The van der Waals surface area contributed by atoms with Crippen LogP contribution < -0.4 is 5.32 Å². The Labute approximate surface area is 151 Å². The highest BCUT2D eigenvalue weighted by Gasteiger charge is 2.20. The Hall–Kier alpha value is -3.22. The molecule has 0 aliphatic carbocycles. The highest BCUT2D eigenvalue weighted by atomic mass is 16.5. The highest BCUT2D eigenvalue weighted by molar-refractivity contribution is 5.99. The lowest BCUT2D eigenvalue weighted by Gasteiger charge is -2.09. The molecule has 0 spiro atoms. The van der Waals surface area contributed by atoms with Crippen molar-refractivity contribution in [1.29, 1.82) is 0 Å². The number of aromatic nitrogens is 3. The highest BCUT2D eigenvalue weighted by Crippen LogP contribution is 2.17. The molecule has 7 nitrogen and oxygen atoms in total. The molecule has 0 radical (unpaired) electrons. The van der Waals surface area contributed by atoms with Crippen LogP contribution in [-0.2, 0) is 9.53 Å². The van der Waals surface area contributed by atoms with Crippen LogP contribution in [0.3, 0.4) is 0 Å². The third-order valence-corrected chi connectivity index (χ3v) is 3.97. The van der Waals surface area contributed by atoms with Crippen LogP contribution in [0.5, 0.6) is 0 Å². The van der Waals surface area contributed by atoms with Crippen molar-refractivity contribution in [2.24, 2.45) is 0 Å². The Kier molecular flexibility index (Phi) is 4.97. The van der Waals surface area contributed by atoms with Crippen molar-refractivity contribution in [3.63, 3.8) is 0 Å². The Balaban J connectivity index is 1.62. The fraction of sp³-hybridized carbons (Fsp3) is 0.263. The quantitative estimate of drug-likeness (QED) is 0.714. The summed E-state index contributed by atoms with van der Waals surface area (Å²) in [5, 5.41) is 6.91. The van der Waals surface area contributed by atoms with Gasteiger partial charge < -0.3 is 10.1 Å². The summed E-state index contributed by atoms with van der Waals surface area (Å²) in [5.41, 5.74) is 3.01. The number of hydrogen-bond acceptors (Lipinski definition) is 5. The topological polar surface area (TPSA) is 85.6 Å². The van der Waals surface area contributed by atoms with Crippen molar-refractivity contribution in [3.05, 3.63) is 59.5 Å². The first-order valence-corrected chi connectivity index (χ1v) is 8.32. The molecule has 0 atom stereocenters. The average molecular weight is 352 g/mol. The minimum Gasteiger partial charge on any atom is -0.452 e. The predicted molar refractivity (Wildman–Crippen MR) is 97.2 cm³/mol. The number of anilines is 1. The molecule has 134 valence electrons. The standard InChI is InChI=1S/C19H20N4O3/c1-12(2)14-5-7-15(8-6-14)21-16(24)11-26-19(25)17-13(3)22-23-10-4-9-20-18(17)23/h4-10,12H,11H2,1-3H3,(H,21,24). The van der Waals surface area contributed by atoms with Gasteiger partial charge in [-0.3, -0.25) is 4.79 Å². The predicted octanol–water partition coefficient (Wildman–Crippen LogP) is 2.96. The van der Waals surface area contributed by atoms with Crippen LogP contribution in [-0.4, -0.2) is 33.1 Å². The van der Waals surface area contributed by atoms with Gasteiger partial charge in [-0.05, 0) is 36.6 Å². The molecule has 1 amide bonds. The molecule has 7 heteroatoms. The van der Waals surface area contributed by atoms with Crippen LogP contribution in [0.1, 0.15) is 41.4 Å². The minimum atomic E-state index is -0.624. The van der Waals surface area contributed by atoms with Gasteiger partial charge >= 0.3 is 5.97 Å². The Morgan fingerprint density at radius 1 is 1.23 bits per heavy atom. The second-order valence-corrected chi connectivity index (χ2v) is 6.25. The molecule has 2 aromatic heterocycles. The van der Waals surface area contributed by atoms with Crippen molar-refractivity contribution in [1.82, 2.24) is 14.6 Å². The largest absolute Gasteiger partial charge is 0.452 e. The van der Waals surface area contributed by atoms with E-state index in [4.69, 9.17) is 4.74 Å². The number of carbonyl (C=O) groups excluding carboxylic acids is 2. The van der Waals surface area contributed by atoms with Crippen LogP contribution in [0.25, 0.3) is 5.65 Å². The number of amides is 1. The molecule has 0 saturated carbocycles. The van der Waals surface area contributed by atoms with E-state index < -0.39 is 11.9 Å². The first-order chi connectivity index (χ1) is 12.5. The van der Waals surface area contributed by atoms with Gasteiger partial charge in [0.15, 0.2) is 12.3 Å². The maximum absolute atomic E-state index is 12.3. The monoisotopic (exact) mass is 352 g/mol. The third-order valence-electron chi connectivity index (χ3n) is 3.97. The molecule has 3 rings (SSSR count). The molecule has 0 aliphatic heterocycles. The maximum Gasteiger partial charge on any atom is 0.344 e. The molecular formula is C19H20N4O3. The summed E-state index contributed by atoms with van der Waals surface area (Å²) in [4.78, 5) is 28.5. The lowest BCUT2D eigenvalue weighted by atomic mass is 10.0. The van der Waals surface area contributed by atoms with Crippen LogP contribution in [0.4, 0.5) is 5.69 Å². The number of ether oxygens (including phenoxy) is 1. The molecule has 0 aliphatic rings. The first-order valence-electron chi connectivity index (χ1n) is 8.32. The van der Waals surface area contributed by atoms with Crippen LogP contribution >= 0.6 is 0 Å². The number of esters is 1. The van der Waals surface area contributed by atoms with E-state index in [1.807, 2.05) is 24.3 Å². The molecule has 3 aromatic rings. The van der Waals surface area contributed by atoms with Crippen LogP contribution in [0, 0.1) is 6.92 Å². The van der Waals surface area contributed by atoms with Crippen molar-refractivity contribution in [2.75, 3.05) is 11.9 Å². The minimum absolute atomic E-state index is 0.264. The molecule has 0 bridgehead atoms. The zero-order valence-electron chi connectivity index (χ0n) is 14.9. The van der Waals surface area contributed by atoms with E-state index in [9.17, 15) is 9.59 Å². The molecule has 1 N–H and O–H groups in total. The molecule has 0 saturated heterocycles. The molecule has 1 aromatic carbocycles. The smallest absolute Gasteiger partial charge is 0.344 e. The number of fused-ring (bicyclic) bond motifs is 1. The van der Waals surface area contributed by atoms with Crippen molar-refractivity contribution in [2.45, 2.75) is 26.7 Å². The molecule has 26 heavy (non-hydrogen) atoms. The number of nitrogens with zero attached hydrogens (tertiary/aromatic N) is 3. The van der Waals surface area contributed by atoms with E-state index in [1.54, 1.807) is 25.4 Å². The normalized spacial score (nSPS) is 10.9. The number of rotatable bonds is 5. The second kappa shape index (κ2) is 7.35. The zero-order chi connectivity index (χ0) is 18.7. The van der Waals surface area contributed by atoms with Gasteiger partial charge in [0.05, 0.1) is 5.69 Å². The lowest BCUT2D eigenvalue weighted by molar-refractivity contribution is -0.119. The number of hydrogen-bond donors (Lipinski definition) is 1. The van der Waals surface area contributed by atoms with Gasteiger partial charge in [-0.25, -0.2) is 14.3 Å². The van der Waals surface area contributed by atoms with Crippen molar-refractivity contribution < 1.29 is 14.3 Å². The summed E-state index contributed by atoms with van der Waals surface area (Å²) in [6.07, 6.45) is 3.26. The van der Waals surface area contributed by atoms with Gasteiger partial charge in [-0.15, -0.1) is 0 Å². The molecule has 0 fully saturated rings. The van der Waals surface area contributed by atoms with Crippen molar-refractivity contribution >= 4 is 23.2 Å². The van der Waals surface area contributed by atoms with E-state index in [1.165, 1.54) is 10.1 Å². The van der Waals surface area contributed by atoms with Crippen LogP contribution in [0.2, 0.25) is 0 Å². The van der Waals surface area contributed by atoms with E-state index in [-0.39, 0.29) is 12.2 Å². The van der Waals surface area contributed by atoms with Gasteiger partial charge in [0.1, 0.15) is 5.56 Å². The summed E-state index contributed by atoms with van der Waals surface area (Å²) < 4.78 is 6.63. The Morgan fingerprint density at radius 3 is 2.65 bits per heavy atom. The summed E-state index contributed by atoms with van der Waals surface area (Å²) in [5.74, 6) is -0.609. The zero-order valence-corrected chi connectivity index (χ0v) is 14.9. The first kappa shape index (κ1) is 17.6.